The van der Waals surface area contributed by atoms with Crippen molar-refractivity contribution in [2.45, 2.75) is 39.1 Å². The van der Waals surface area contributed by atoms with Crippen molar-refractivity contribution in [2.75, 3.05) is 32.9 Å². The topological polar surface area (TPSA) is 84.7 Å². The molecule has 0 fully saturated rings. The second kappa shape index (κ2) is 7.88. The molecule has 1 aromatic rings. The number of nitrogens with zero attached hydrogens (tertiary/aromatic N) is 3. The van der Waals surface area contributed by atoms with Crippen molar-refractivity contribution in [2.24, 2.45) is 0 Å². The van der Waals surface area contributed by atoms with Crippen LogP contribution in [-0.4, -0.2) is 60.5 Å². The van der Waals surface area contributed by atoms with Gasteiger partial charge < -0.3 is 9.84 Å². The average molecular weight is 319 g/mol. The number of hydrogen-bond acceptors (Lipinski definition) is 5. The highest BCUT2D eigenvalue weighted by Crippen LogP contribution is 2.23. The number of aryl methyl sites for hydroxylation is 1. The maximum absolute atomic E-state index is 12.8. The maximum atomic E-state index is 12.8. The first-order chi connectivity index (χ1) is 9.89. The molecule has 0 aliphatic heterocycles. The van der Waals surface area contributed by atoms with Crippen LogP contribution in [0.25, 0.3) is 0 Å². The van der Waals surface area contributed by atoms with Crippen molar-refractivity contribution >= 4 is 10.0 Å². The number of aromatic nitrogens is 2. The van der Waals surface area contributed by atoms with E-state index in [1.54, 1.807) is 20.8 Å². The summed E-state index contributed by atoms with van der Waals surface area (Å²) in [6.07, 6.45) is 0. The van der Waals surface area contributed by atoms with E-state index in [1.807, 2.05) is 6.92 Å². The molecule has 1 aromatic heterocycles. The summed E-state index contributed by atoms with van der Waals surface area (Å²) >= 11 is 0. The minimum absolute atomic E-state index is 0.0801. The summed E-state index contributed by atoms with van der Waals surface area (Å²) in [5.41, 5.74) is 1.01. The van der Waals surface area contributed by atoms with Gasteiger partial charge in [0.1, 0.15) is 4.90 Å². The zero-order valence-electron chi connectivity index (χ0n) is 13.2. The van der Waals surface area contributed by atoms with E-state index in [2.05, 4.69) is 5.10 Å². The van der Waals surface area contributed by atoms with Crippen molar-refractivity contribution in [3.63, 3.8) is 0 Å². The van der Waals surface area contributed by atoms with Gasteiger partial charge in [0.2, 0.25) is 10.0 Å². The molecule has 0 unspecified atom stereocenters. The average Bonchev–Trinajstić information content (AvgIpc) is 2.70. The number of rotatable bonds is 9. The SMILES string of the molecule is CCOCCN(CC)S(=O)(=O)c1c(C)nn(CCO)c1C. The van der Waals surface area contributed by atoms with Crippen LogP contribution in [0.2, 0.25) is 0 Å². The Balaban J connectivity index is 3.11. The second-order valence-electron chi connectivity index (χ2n) is 4.64. The highest BCUT2D eigenvalue weighted by atomic mass is 32.2. The molecular weight excluding hydrogens is 294 g/mol. The van der Waals surface area contributed by atoms with Crippen LogP contribution in [0.3, 0.4) is 0 Å². The molecule has 1 heterocycles. The summed E-state index contributed by atoms with van der Waals surface area (Å²) in [6.45, 7) is 8.87. The maximum Gasteiger partial charge on any atom is 0.246 e. The first-order valence-corrected chi connectivity index (χ1v) is 8.56. The summed E-state index contributed by atoms with van der Waals surface area (Å²) in [5, 5.41) is 13.2. The van der Waals surface area contributed by atoms with Gasteiger partial charge in [-0.3, -0.25) is 4.68 Å². The molecule has 8 heteroatoms. The van der Waals surface area contributed by atoms with E-state index in [4.69, 9.17) is 9.84 Å². The Kier molecular flexibility index (Phi) is 6.79. The van der Waals surface area contributed by atoms with E-state index in [9.17, 15) is 8.42 Å². The van der Waals surface area contributed by atoms with E-state index >= 15 is 0 Å². The Labute approximate surface area is 126 Å². The number of sulfonamides is 1. The predicted molar refractivity (Wildman–Crippen MR) is 79.7 cm³/mol. The van der Waals surface area contributed by atoms with Gasteiger partial charge in [0.05, 0.1) is 31.1 Å². The molecule has 7 nitrogen and oxygen atoms in total. The van der Waals surface area contributed by atoms with E-state index in [0.29, 0.717) is 37.7 Å². The van der Waals surface area contributed by atoms with Crippen LogP contribution in [0.15, 0.2) is 4.90 Å². The normalized spacial score (nSPS) is 12.3. The van der Waals surface area contributed by atoms with Crippen molar-refractivity contribution in [1.29, 1.82) is 0 Å². The number of likely N-dealkylation sites (N-methyl/N-ethyl adjacent to an activating group) is 1. The number of aliphatic hydroxyl groups is 1. The minimum Gasteiger partial charge on any atom is -0.394 e. The highest BCUT2D eigenvalue weighted by Gasteiger charge is 2.29. The summed E-state index contributed by atoms with van der Waals surface area (Å²) in [4.78, 5) is 0.231. The second-order valence-corrected chi connectivity index (χ2v) is 6.52. The lowest BCUT2D eigenvalue weighted by Crippen LogP contribution is -2.34. The Morgan fingerprint density at radius 2 is 2.00 bits per heavy atom. The van der Waals surface area contributed by atoms with Gasteiger partial charge in [-0.05, 0) is 20.8 Å². The lowest BCUT2D eigenvalue weighted by Gasteiger charge is -2.20. The molecule has 0 saturated heterocycles. The molecular formula is C13H25N3O4S. The zero-order valence-corrected chi connectivity index (χ0v) is 14.0. The van der Waals surface area contributed by atoms with Crippen molar-refractivity contribution < 1.29 is 18.3 Å². The fourth-order valence-corrected chi connectivity index (χ4v) is 4.06. The monoisotopic (exact) mass is 319 g/mol. The lowest BCUT2D eigenvalue weighted by molar-refractivity contribution is 0.135. The van der Waals surface area contributed by atoms with Crippen LogP contribution in [-0.2, 0) is 21.3 Å². The lowest BCUT2D eigenvalue weighted by atomic mass is 10.4. The fraction of sp³-hybridized carbons (Fsp3) is 0.769. The van der Waals surface area contributed by atoms with Gasteiger partial charge in [0, 0.05) is 19.7 Å². The Hall–Kier alpha value is -0.960. The largest absolute Gasteiger partial charge is 0.394 e. The molecule has 0 aromatic carbocycles. The first kappa shape index (κ1) is 18.1. The number of aliphatic hydroxyl groups excluding tert-OH is 1. The third kappa shape index (κ3) is 4.03. The molecule has 1 rings (SSSR count). The molecule has 0 amide bonds. The zero-order chi connectivity index (χ0) is 16.0. The summed E-state index contributed by atoms with van der Waals surface area (Å²) in [6, 6.07) is 0. The van der Waals surface area contributed by atoms with E-state index in [1.165, 1.54) is 8.99 Å². The smallest absolute Gasteiger partial charge is 0.246 e. The Bertz CT molecular complexity index is 554. The Morgan fingerprint density at radius 1 is 1.33 bits per heavy atom. The van der Waals surface area contributed by atoms with Gasteiger partial charge >= 0.3 is 0 Å². The predicted octanol–water partition coefficient (Wildman–Crippen LogP) is 0.539. The standard InChI is InChI=1S/C13H25N3O4S/c1-5-15(8-10-20-6-2)21(18,19)13-11(3)14-16(7-9-17)12(13)4/h17H,5-10H2,1-4H3. The molecule has 0 saturated carbocycles. The van der Waals surface area contributed by atoms with Crippen LogP contribution in [0.4, 0.5) is 0 Å². The van der Waals surface area contributed by atoms with Gasteiger partial charge in [0.25, 0.3) is 0 Å². The molecule has 0 aliphatic rings. The van der Waals surface area contributed by atoms with Gasteiger partial charge in [-0.1, -0.05) is 6.92 Å². The minimum atomic E-state index is -3.60. The molecule has 0 radical (unpaired) electrons. The van der Waals surface area contributed by atoms with Crippen LogP contribution in [0.1, 0.15) is 25.2 Å². The van der Waals surface area contributed by atoms with Crippen molar-refractivity contribution in [3.05, 3.63) is 11.4 Å². The van der Waals surface area contributed by atoms with Crippen LogP contribution < -0.4 is 0 Å². The first-order valence-electron chi connectivity index (χ1n) is 7.12. The molecule has 0 bridgehead atoms. The van der Waals surface area contributed by atoms with Crippen LogP contribution in [0, 0.1) is 13.8 Å². The summed E-state index contributed by atoms with van der Waals surface area (Å²) in [5.74, 6) is 0. The van der Waals surface area contributed by atoms with Crippen LogP contribution in [0.5, 0.6) is 0 Å². The highest BCUT2D eigenvalue weighted by molar-refractivity contribution is 7.89. The summed E-state index contributed by atoms with van der Waals surface area (Å²) in [7, 11) is -3.60. The molecule has 0 spiro atoms. The van der Waals surface area contributed by atoms with Crippen molar-refractivity contribution in [3.8, 4) is 0 Å². The number of hydrogen-bond donors (Lipinski definition) is 1. The molecule has 1 N–H and O–H groups in total. The summed E-state index contributed by atoms with van der Waals surface area (Å²) < 4.78 is 33.7. The molecule has 21 heavy (non-hydrogen) atoms. The van der Waals surface area contributed by atoms with Crippen molar-refractivity contribution in [1.82, 2.24) is 14.1 Å². The molecule has 0 aliphatic carbocycles. The van der Waals surface area contributed by atoms with Crippen LogP contribution >= 0.6 is 0 Å². The molecule has 0 atom stereocenters. The fourth-order valence-electron chi connectivity index (χ4n) is 2.25. The number of ether oxygens (including phenoxy) is 1. The van der Waals surface area contributed by atoms with Gasteiger partial charge in [-0.2, -0.15) is 9.40 Å². The quantitative estimate of drug-likeness (QED) is 0.672. The Morgan fingerprint density at radius 3 is 2.52 bits per heavy atom. The van der Waals surface area contributed by atoms with Gasteiger partial charge in [-0.15, -0.1) is 0 Å². The van der Waals surface area contributed by atoms with E-state index in [0.717, 1.165) is 0 Å². The van der Waals surface area contributed by atoms with E-state index in [-0.39, 0.29) is 18.0 Å². The van der Waals surface area contributed by atoms with E-state index < -0.39 is 10.0 Å². The third-order valence-corrected chi connectivity index (χ3v) is 5.49. The van der Waals surface area contributed by atoms with Gasteiger partial charge in [-0.25, -0.2) is 8.42 Å². The van der Waals surface area contributed by atoms with Gasteiger partial charge in [0.15, 0.2) is 0 Å². The third-order valence-electron chi connectivity index (χ3n) is 3.27. The molecule has 122 valence electrons.